The van der Waals surface area contributed by atoms with Crippen molar-refractivity contribution in [3.63, 3.8) is 0 Å². The maximum absolute atomic E-state index is 11.9. The molecule has 0 bridgehead atoms. The highest BCUT2D eigenvalue weighted by Gasteiger charge is 2.06. The summed E-state index contributed by atoms with van der Waals surface area (Å²) >= 11 is 0. The van der Waals surface area contributed by atoms with Gasteiger partial charge in [-0.1, -0.05) is 12.1 Å². The van der Waals surface area contributed by atoms with Crippen LogP contribution in [0.25, 0.3) is 0 Å². The third-order valence-electron chi connectivity index (χ3n) is 3.56. The van der Waals surface area contributed by atoms with Crippen LogP contribution in [0.15, 0.2) is 58.8 Å². The number of hydrogen-bond donors (Lipinski definition) is 2. The first kappa shape index (κ1) is 20.9. The molecule has 0 saturated heterocycles. The molecule has 8 nitrogen and oxygen atoms in total. The van der Waals surface area contributed by atoms with Crippen molar-refractivity contribution in [3.8, 4) is 0 Å². The minimum Gasteiger partial charge on any atom is -0.310 e. The minimum atomic E-state index is -0.161. The van der Waals surface area contributed by atoms with Crippen LogP contribution < -0.4 is 10.6 Å². The lowest BCUT2D eigenvalue weighted by Gasteiger charge is -2.04. The summed E-state index contributed by atoms with van der Waals surface area (Å²) in [7, 11) is 0. The molecule has 0 aliphatic heterocycles. The molecule has 0 spiro atoms. The minimum absolute atomic E-state index is 0.161. The summed E-state index contributed by atoms with van der Waals surface area (Å²) < 4.78 is 0. The Bertz CT molecular complexity index is 763. The largest absolute Gasteiger partial charge is 0.310 e. The molecule has 0 atom stereocenters. The molecule has 0 fully saturated rings. The third-order valence-corrected chi connectivity index (χ3v) is 3.56. The lowest BCUT2D eigenvalue weighted by molar-refractivity contribution is -0.116. The van der Waals surface area contributed by atoms with Crippen LogP contribution in [0.1, 0.15) is 26.7 Å². The monoisotopic (exact) mass is 380 g/mol. The summed E-state index contributed by atoms with van der Waals surface area (Å²) in [6.07, 6.45) is 3.64. The van der Waals surface area contributed by atoms with Crippen LogP contribution in [-0.4, -0.2) is 46.3 Å². The van der Waals surface area contributed by atoms with Gasteiger partial charge in [0, 0.05) is 23.8 Å². The lowest BCUT2D eigenvalue weighted by atomic mass is 10.2. The first-order valence-corrected chi connectivity index (χ1v) is 8.94. The summed E-state index contributed by atoms with van der Waals surface area (Å²) in [6, 6.07) is 10.6. The highest BCUT2D eigenvalue weighted by Crippen LogP contribution is 2.02. The van der Waals surface area contributed by atoms with Gasteiger partial charge in [-0.25, -0.2) is 9.97 Å². The molecule has 0 saturated carbocycles. The third kappa shape index (κ3) is 8.31. The van der Waals surface area contributed by atoms with E-state index in [0.717, 1.165) is 0 Å². The van der Waals surface area contributed by atoms with E-state index in [1.54, 1.807) is 62.6 Å². The first-order valence-electron chi connectivity index (χ1n) is 8.94. The summed E-state index contributed by atoms with van der Waals surface area (Å²) in [5.41, 5.74) is 1.43. The second-order valence-corrected chi connectivity index (χ2v) is 6.11. The Morgan fingerprint density at radius 2 is 1.21 bits per heavy atom. The summed E-state index contributed by atoms with van der Waals surface area (Å²) in [4.78, 5) is 40.6. The van der Waals surface area contributed by atoms with E-state index in [2.05, 4.69) is 30.6 Å². The Morgan fingerprint density at radius 1 is 0.786 bits per heavy atom. The van der Waals surface area contributed by atoms with Crippen molar-refractivity contribution in [1.29, 1.82) is 0 Å². The second kappa shape index (κ2) is 11.3. The van der Waals surface area contributed by atoms with Crippen LogP contribution >= 0.6 is 0 Å². The van der Waals surface area contributed by atoms with Crippen molar-refractivity contribution in [2.45, 2.75) is 26.7 Å². The fourth-order valence-electron chi connectivity index (χ4n) is 2.31. The van der Waals surface area contributed by atoms with Crippen molar-refractivity contribution in [1.82, 2.24) is 9.97 Å². The molecule has 2 aromatic heterocycles. The number of anilines is 2. The maximum atomic E-state index is 11.9. The van der Waals surface area contributed by atoms with Crippen molar-refractivity contribution < 1.29 is 9.59 Å². The molecule has 2 N–H and O–H groups in total. The summed E-state index contributed by atoms with van der Waals surface area (Å²) in [5.74, 6) is 0.714. The standard InChI is InChI=1S/C20H24N6O2/c1-15(13-19(27)25-17-7-3-5-9-23-17)21-11-12-22-16(2)14-20(28)26-18-8-4-6-10-24-18/h3-10H,11-14H2,1-2H3,(H,23,25,27)(H,24,26,28). The maximum Gasteiger partial charge on any atom is 0.231 e. The topological polar surface area (TPSA) is 109 Å². The van der Waals surface area contributed by atoms with Crippen LogP contribution in [0.2, 0.25) is 0 Å². The Morgan fingerprint density at radius 3 is 1.57 bits per heavy atom. The van der Waals surface area contributed by atoms with Gasteiger partial charge in [-0.3, -0.25) is 19.6 Å². The van der Waals surface area contributed by atoms with E-state index in [-0.39, 0.29) is 24.7 Å². The molecule has 8 heteroatoms. The molecule has 28 heavy (non-hydrogen) atoms. The highest BCUT2D eigenvalue weighted by atomic mass is 16.2. The number of nitrogens with one attached hydrogen (secondary N) is 2. The Hall–Kier alpha value is -3.42. The SMILES string of the molecule is CC(CC(=O)Nc1ccccn1)=NCCN=C(C)CC(=O)Nc1ccccn1. The van der Waals surface area contributed by atoms with Crippen LogP contribution in [-0.2, 0) is 9.59 Å². The van der Waals surface area contributed by atoms with Gasteiger partial charge >= 0.3 is 0 Å². The van der Waals surface area contributed by atoms with Gasteiger partial charge in [0.05, 0.1) is 25.9 Å². The normalized spacial score (nSPS) is 11.8. The van der Waals surface area contributed by atoms with Crippen molar-refractivity contribution in [3.05, 3.63) is 48.8 Å². The number of aliphatic imine (C=N–C) groups is 2. The van der Waals surface area contributed by atoms with E-state index in [1.165, 1.54) is 0 Å². The van der Waals surface area contributed by atoms with Crippen molar-refractivity contribution >= 4 is 34.9 Å². The van der Waals surface area contributed by atoms with E-state index in [4.69, 9.17) is 0 Å². The quantitative estimate of drug-likeness (QED) is 0.515. The number of carbonyl (C=O) groups excluding carboxylic acids is 2. The fraction of sp³-hybridized carbons (Fsp3) is 0.300. The van der Waals surface area contributed by atoms with Crippen LogP contribution in [0, 0.1) is 0 Å². The zero-order valence-corrected chi connectivity index (χ0v) is 16.1. The molecule has 0 unspecified atom stereocenters. The lowest BCUT2D eigenvalue weighted by Crippen LogP contribution is -2.16. The van der Waals surface area contributed by atoms with Gasteiger partial charge in [0.1, 0.15) is 11.6 Å². The highest BCUT2D eigenvalue weighted by molar-refractivity contribution is 6.05. The molecule has 146 valence electrons. The number of nitrogens with zero attached hydrogens (tertiary/aromatic N) is 4. The van der Waals surface area contributed by atoms with Crippen LogP contribution in [0.4, 0.5) is 11.6 Å². The van der Waals surface area contributed by atoms with E-state index in [9.17, 15) is 9.59 Å². The number of hydrogen-bond acceptors (Lipinski definition) is 6. The number of carbonyl (C=O) groups is 2. The first-order chi connectivity index (χ1) is 13.5. The smallest absolute Gasteiger partial charge is 0.231 e. The average Bonchev–Trinajstić information content (AvgIpc) is 2.66. The Kier molecular flexibility index (Phi) is 8.45. The van der Waals surface area contributed by atoms with Gasteiger partial charge in [0.2, 0.25) is 11.8 Å². The zero-order valence-electron chi connectivity index (χ0n) is 16.1. The van der Waals surface area contributed by atoms with Crippen molar-refractivity contribution in [2.24, 2.45) is 9.98 Å². The predicted octanol–water partition coefficient (Wildman–Crippen LogP) is 2.76. The molecule has 2 aromatic rings. The van der Waals surface area contributed by atoms with E-state index in [0.29, 0.717) is 36.1 Å². The van der Waals surface area contributed by atoms with E-state index < -0.39 is 0 Å². The molecule has 0 radical (unpaired) electrons. The molecule has 2 heterocycles. The van der Waals surface area contributed by atoms with Gasteiger partial charge in [0.15, 0.2) is 0 Å². The van der Waals surface area contributed by atoms with Crippen molar-refractivity contribution in [2.75, 3.05) is 23.7 Å². The molecule has 0 aliphatic rings. The Balaban J connectivity index is 1.69. The van der Waals surface area contributed by atoms with Gasteiger partial charge in [-0.05, 0) is 38.1 Å². The van der Waals surface area contributed by atoms with E-state index in [1.807, 2.05) is 0 Å². The Labute approximate surface area is 164 Å². The molecular formula is C20H24N6O2. The number of aromatic nitrogens is 2. The average molecular weight is 380 g/mol. The van der Waals surface area contributed by atoms with Gasteiger partial charge < -0.3 is 10.6 Å². The predicted molar refractivity (Wildman–Crippen MR) is 111 cm³/mol. The van der Waals surface area contributed by atoms with Crippen LogP contribution in [0.5, 0.6) is 0 Å². The van der Waals surface area contributed by atoms with Gasteiger partial charge in [0.25, 0.3) is 0 Å². The fourth-order valence-corrected chi connectivity index (χ4v) is 2.31. The summed E-state index contributed by atoms with van der Waals surface area (Å²) in [5, 5.41) is 5.43. The summed E-state index contributed by atoms with van der Waals surface area (Å²) in [6.45, 7) is 4.52. The zero-order chi connectivity index (χ0) is 20.2. The molecule has 2 amide bonds. The number of rotatable bonds is 9. The molecule has 2 rings (SSSR count). The van der Waals surface area contributed by atoms with E-state index >= 15 is 0 Å². The van der Waals surface area contributed by atoms with Gasteiger partial charge in [-0.15, -0.1) is 0 Å². The molecular weight excluding hydrogens is 356 g/mol. The second-order valence-electron chi connectivity index (χ2n) is 6.11. The molecule has 0 aromatic carbocycles. The molecule has 0 aliphatic carbocycles. The number of pyridine rings is 2. The van der Waals surface area contributed by atoms with Gasteiger partial charge in [-0.2, -0.15) is 0 Å². The van der Waals surface area contributed by atoms with Crippen LogP contribution in [0.3, 0.4) is 0 Å². The number of amides is 2.